The normalized spacial score (nSPS) is 16.4. The third kappa shape index (κ3) is 3.01. The summed E-state index contributed by atoms with van der Waals surface area (Å²) in [6.07, 6.45) is 2.39. The van der Waals surface area contributed by atoms with Gasteiger partial charge in [-0.25, -0.2) is 18.2 Å². The number of hydrogen-bond donors (Lipinski definition) is 2. The maximum atomic E-state index is 16.1. The molecular formula is C22H15F3N6O2S. The number of nitriles is 1. The van der Waals surface area contributed by atoms with Crippen LogP contribution in [0.2, 0.25) is 0 Å². The van der Waals surface area contributed by atoms with Gasteiger partial charge in [0.15, 0.2) is 17.3 Å². The zero-order chi connectivity index (χ0) is 23.6. The van der Waals surface area contributed by atoms with Gasteiger partial charge in [-0.3, -0.25) is 4.98 Å². The Hall–Kier alpha value is -3.53. The Morgan fingerprint density at radius 3 is 2.76 bits per heavy atom. The summed E-state index contributed by atoms with van der Waals surface area (Å²) < 4.78 is 56.0. The number of nitrogens with zero attached hydrogens (tertiary/aromatic N) is 4. The molecule has 172 valence electrons. The van der Waals surface area contributed by atoms with Crippen molar-refractivity contribution in [1.82, 2.24) is 20.3 Å². The quantitative estimate of drug-likeness (QED) is 0.453. The van der Waals surface area contributed by atoms with Gasteiger partial charge in [-0.1, -0.05) is 0 Å². The summed E-state index contributed by atoms with van der Waals surface area (Å²) in [7, 11) is 0. The van der Waals surface area contributed by atoms with Crippen LogP contribution < -0.4 is 15.8 Å². The van der Waals surface area contributed by atoms with E-state index in [2.05, 4.69) is 20.3 Å². The summed E-state index contributed by atoms with van der Waals surface area (Å²) in [5.74, 6) is -1.41. The second-order valence-corrected chi connectivity index (χ2v) is 9.26. The Balaban J connectivity index is 1.58. The van der Waals surface area contributed by atoms with Gasteiger partial charge >= 0.3 is 6.01 Å². The second-order valence-electron chi connectivity index (χ2n) is 8.21. The number of hydrogen-bond acceptors (Lipinski definition) is 9. The van der Waals surface area contributed by atoms with Crippen LogP contribution in [0, 0.1) is 23.0 Å². The average molecular weight is 484 g/mol. The van der Waals surface area contributed by atoms with Crippen molar-refractivity contribution >= 4 is 37.3 Å². The molecule has 0 atom stereocenters. The van der Waals surface area contributed by atoms with Crippen molar-refractivity contribution in [2.45, 2.75) is 18.9 Å². The molecule has 5 heterocycles. The standard InChI is InChI=1S/C22H15F3N6O2S/c23-13-3-29-18(15-9(1-26)20(27)34-19(13)15)14-12-5-32-4-11(12)10-2-30-21(31-17(10)16(14)24)33-8-22(25)6-28-7-22/h2-3,28H,4-8,27H2. The van der Waals surface area contributed by atoms with Gasteiger partial charge in [0.1, 0.15) is 23.2 Å². The predicted molar refractivity (Wildman–Crippen MR) is 118 cm³/mol. The number of alkyl halides is 1. The Labute approximate surface area is 194 Å². The van der Waals surface area contributed by atoms with Gasteiger partial charge in [-0.2, -0.15) is 10.2 Å². The van der Waals surface area contributed by atoms with Crippen LogP contribution in [0.4, 0.5) is 18.2 Å². The molecule has 0 aliphatic carbocycles. The Morgan fingerprint density at radius 1 is 1.24 bits per heavy atom. The molecule has 12 heteroatoms. The van der Waals surface area contributed by atoms with Crippen molar-refractivity contribution in [3.05, 3.63) is 40.7 Å². The zero-order valence-electron chi connectivity index (χ0n) is 17.4. The molecule has 34 heavy (non-hydrogen) atoms. The second kappa shape index (κ2) is 7.49. The summed E-state index contributed by atoms with van der Waals surface area (Å²) in [6, 6.07) is 1.80. The monoisotopic (exact) mass is 484 g/mol. The van der Waals surface area contributed by atoms with E-state index < -0.39 is 17.3 Å². The SMILES string of the molecule is N#Cc1c(N)sc2c(F)cnc(-c3c4c(c5cnc(OCC6(F)CNC6)nc5c3F)COC4)c12. The van der Waals surface area contributed by atoms with Crippen LogP contribution in [0.25, 0.3) is 32.2 Å². The number of anilines is 1. The number of benzene rings is 1. The van der Waals surface area contributed by atoms with Crippen molar-refractivity contribution in [2.24, 2.45) is 0 Å². The van der Waals surface area contributed by atoms with Gasteiger partial charge in [0, 0.05) is 35.6 Å². The highest BCUT2D eigenvalue weighted by atomic mass is 32.1. The van der Waals surface area contributed by atoms with E-state index in [1.54, 1.807) is 0 Å². The van der Waals surface area contributed by atoms with E-state index in [4.69, 9.17) is 15.2 Å². The molecule has 2 aliphatic rings. The molecule has 1 fully saturated rings. The van der Waals surface area contributed by atoms with Gasteiger partial charge in [-0.15, -0.1) is 11.3 Å². The average Bonchev–Trinajstić information content (AvgIpc) is 3.42. The maximum Gasteiger partial charge on any atom is 0.317 e. The first-order valence-electron chi connectivity index (χ1n) is 10.3. The van der Waals surface area contributed by atoms with Gasteiger partial charge < -0.3 is 20.5 Å². The first-order valence-corrected chi connectivity index (χ1v) is 11.1. The number of nitrogens with one attached hydrogen (secondary N) is 1. The number of ether oxygens (including phenoxy) is 2. The van der Waals surface area contributed by atoms with E-state index in [1.165, 1.54) is 6.20 Å². The maximum absolute atomic E-state index is 16.1. The Morgan fingerprint density at radius 2 is 2.03 bits per heavy atom. The van der Waals surface area contributed by atoms with Crippen LogP contribution in [0.1, 0.15) is 16.7 Å². The third-order valence-corrected chi connectivity index (χ3v) is 7.09. The fourth-order valence-corrected chi connectivity index (χ4v) is 5.21. The zero-order valence-corrected chi connectivity index (χ0v) is 18.2. The van der Waals surface area contributed by atoms with E-state index in [9.17, 15) is 14.0 Å². The van der Waals surface area contributed by atoms with Crippen LogP contribution in [0.15, 0.2) is 12.4 Å². The predicted octanol–water partition coefficient (Wildman–Crippen LogP) is 3.36. The largest absolute Gasteiger partial charge is 0.460 e. The number of aromatic nitrogens is 3. The summed E-state index contributed by atoms with van der Waals surface area (Å²) in [5, 5.41) is 13.1. The third-order valence-electron chi connectivity index (χ3n) is 6.07. The molecule has 0 radical (unpaired) electrons. The van der Waals surface area contributed by atoms with E-state index in [-0.39, 0.29) is 76.3 Å². The Kier molecular flexibility index (Phi) is 4.63. The topological polar surface area (TPSA) is 119 Å². The van der Waals surface area contributed by atoms with Gasteiger partial charge in [0.2, 0.25) is 0 Å². The van der Waals surface area contributed by atoms with Gasteiger partial charge in [-0.05, 0) is 11.1 Å². The molecule has 0 bridgehead atoms. The summed E-state index contributed by atoms with van der Waals surface area (Å²) in [4.78, 5) is 12.5. The molecule has 2 aliphatic heterocycles. The highest BCUT2D eigenvalue weighted by molar-refractivity contribution is 7.23. The molecule has 0 saturated carbocycles. The lowest BCUT2D eigenvalue weighted by Crippen LogP contribution is -2.59. The Bertz CT molecular complexity index is 1550. The number of thiophene rings is 1. The van der Waals surface area contributed by atoms with Crippen molar-refractivity contribution in [2.75, 3.05) is 25.4 Å². The van der Waals surface area contributed by atoms with Crippen molar-refractivity contribution < 1.29 is 22.6 Å². The molecule has 3 aromatic heterocycles. The van der Waals surface area contributed by atoms with E-state index in [0.29, 0.717) is 16.5 Å². The highest BCUT2D eigenvalue weighted by Gasteiger charge is 2.38. The number of nitrogen functional groups attached to an aromatic ring is 1. The van der Waals surface area contributed by atoms with Gasteiger partial charge in [0.05, 0.1) is 35.4 Å². The summed E-state index contributed by atoms with van der Waals surface area (Å²) >= 11 is 0.901. The van der Waals surface area contributed by atoms with Crippen molar-refractivity contribution in [3.63, 3.8) is 0 Å². The lowest BCUT2D eigenvalue weighted by Gasteiger charge is -2.33. The smallest absolute Gasteiger partial charge is 0.317 e. The molecule has 0 amide bonds. The van der Waals surface area contributed by atoms with E-state index in [1.807, 2.05) is 6.07 Å². The molecule has 3 N–H and O–H groups in total. The van der Waals surface area contributed by atoms with Crippen molar-refractivity contribution in [1.29, 1.82) is 5.26 Å². The molecule has 0 unspecified atom stereocenters. The molecule has 1 aromatic carbocycles. The van der Waals surface area contributed by atoms with E-state index >= 15 is 4.39 Å². The van der Waals surface area contributed by atoms with Gasteiger partial charge in [0.25, 0.3) is 0 Å². The van der Waals surface area contributed by atoms with Crippen LogP contribution in [-0.2, 0) is 18.0 Å². The van der Waals surface area contributed by atoms with Crippen LogP contribution in [-0.4, -0.2) is 40.3 Å². The van der Waals surface area contributed by atoms with Crippen molar-refractivity contribution in [3.8, 4) is 23.3 Å². The molecule has 6 rings (SSSR count). The van der Waals surface area contributed by atoms with Crippen LogP contribution >= 0.6 is 11.3 Å². The number of pyridine rings is 1. The lowest BCUT2D eigenvalue weighted by atomic mass is 9.94. The minimum absolute atomic E-state index is 0.0308. The van der Waals surface area contributed by atoms with Crippen LogP contribution in [0.5, 0.6) is 6.01 Å². The number of nitrogens with two attached hydrogens (primary N) is 1. The number of rotatable bonds is 4. The number of fused-ring (bicyclic) bond motifs is 4. The molecule has 8 nitrogen and oxygen atoms in total. The fourth-order valence-electron chi connectivity index (χ4n) is 4.29. The summed E-state index contributed by atoms with van der Waals surface area (Å²) in [6.45, 7) is 0.314. The fraction of sp³-hybridized carbons (Fsp3) is 0.273. The first-order chi connectivity index (χ1) is 16.4. The minimum Gasteiger partial charge on any atom is -0.460 e. The molecular weight excluding hydrogens is 469 g/mol. The number of halogens is 3. The first kappa shape index (κ1) is 21.0. The lowest BCUT2D eigenvalue weighted by molar-refractivity contribution is 0.0311. The minimum atomic E-state index is -1.52. The molecule has 4 aromatic rings. The summed E-state index contributed by atoms with van der Waals surface area (Å²) in [5.41, 5.74) is 5.67. The molecule has 1 saturated heterocycles. The van der Waals surface area contributed by atoms with Crippen LogP contribution in [0.3, 0.4) is 0 Å². The van der Waals surface area contributed by atoms with E-state index in [0.717, 1.165) is 17.5 Å². The molecule has 0 spiro atoms. The highest BCUT2D eigenvalue weighted by Crippen LogP contribution is 2.44.